The third-order valence-corrected chi connectivity index (χ3v) is 6.12. The molecule has 1 aromatic carbocycles. The van der Waals surface area contributed by atoms with Gasteiger partial charge in [0.1, 0.15) is 23.1 Å². The van der Waals surface area contributed by atoms with Crippen molar-refractivity contribution in [3.05, 3.63) is 74.9 Å². The summed E-state index contributed by atoms with van der Waals surface area (Å²) in [7, 11) is 0. The van der Waals surface area contributed by atoms with Gasteiger partial charge in [0, 0.05) is 17.7 Å². The van der Waals surface area contributed by atoms with Crippen LogP contribution < -0.4 is 10.6 Å². The van der Waals surface area contributed by atoms with Gasteiger partial charge in [-0.05, 0) is 46.4 Å². The summed E-state index contributed by atoms with van der Waals surface area (Å²) in [6.07, 6.45) is 0.695. The number of rotatable bonds is 2. The van der Waals surface area contributed by atoms with Crippen LogP contribution in [0.1, 0.15) is 38.2 Å². The Bertz CT molecular complexity index is 1090. The minimum absolute atomic E-state index is 0.0445. The van der Waals surface area contributed by atoms with E-state index in [4.69, 9.17) is 5.73 Å². The topological polar surface area (TPSA) is 70.1 Å². The molecule has 0 bridgehead atoms. The van der Waals surface area contributed by atoms with Crippen molar-refractivity contribution in [2.45, 2.75) is 32.6 Å². The number of allylic oxidation sites excluding steroid dienone is 3. The number of benzene rings is 1. The van der Waals surface area contributed by atoms with Crippen molar-refractivity contribution in [3.8, 4) is 6.07 Å². The predicted molar refractivity (Wildman–Crippen MR) is 108 cm³/mol. The maximum absolute atomic E-state index is 14.7. The number of nitrogens with zero attached hydrogens (tertiary/aromatic N) is 2. The largest absolute Gasteiger partial charge is 0.384 e. The highest BCUT2D eigenvalue weighted by molar-refractivity contribution is 7.08. The Morgan fingerprint density at radius 2 is 1.93 bits per heavy atom. The molecule has 1 atom stereocenters. The SMILES string of the molecule is CC1(C)CC(=O)C2=C(C1)N(c1c(F)cccc1F)C(N)=C(C#N)C2c1ccsc1. The van der Waals surface area contributed by atoms with Gasteiger partial charge in [-0.3, -0.25) is 9.69 Å². The minimum Gasteiger partial charge on any atom is -0.384 e. The molecule has 0 spiro atoms. The van der Waals surface area contributed by atoms with E-state index < -0.39 is 23.0 Å². The van der Waals surface area contributed by atoms with Crippen LogP contribution in [0.4, 0.5) is 14.5 Å². The van der Waals surface area contributed by atoms with Crippen LogP contribution in [0.5, 0.6) is 0 Å². The number of hydrogen-bond donors (Lipinski definition) is 1. The summed E-state index contributed by atoms with van der Waals surface area (Å²) in [5.41, 5.74) is 7.35. The molecular weight excluding hydrogens is 392 g/mol. The van der Waals surface area contributed by atoms with Crippen LogP contribution in [-0.2, 0) is 4.79 Å². The van der Waals surface area contributed by atoms with Gasteiger partial charge in [0.05, 0.1) is 17.6 Å². The third kappa shape index (κ3) is 3.04. The lowest BCUT2D eigenvalue weighted by Crippen LogP contribution is -2.42. The second-order valence-electron chi connectivity index (χ2n) is 8.11. The average molecular weight is 411 g/mol. The summed E-state index contributed by atoms with van der Waals surface area (Å²) in [4.78, 5) is 14.5. The van der Waals surface area contributed by atoms with Crippen molar-refractivity contribution in [2.75, 3.05) is 4.90 Å². The molecule has 1 aromatic heterocycles. The number of carbonyl (C=O) groups excluding carboxylic acids is 1. The third-order valence-electron chi connectivity index (χ3n) is 5.42. The molecule has 2 aliphatic rings. The molecule has 0 saturated heterocycles. The standard InChI is InChI=1S/C22H19F2N3OS/c1-22(2)8-16-19(17(28)9-22)18(12-6-7-29-11-12)13(10-25)21(26)27(16)20-14(23)4-3-5-15(20)24/h3-7,11,18H,8-9,26H2,1-2H3. The van der Waals surface area contributed by atoms with Gasteiger partial charge in [0.15, 0.2) is 5.78 Å². The summed E-state index contributed by atoms with van der Waals surface area (Å²) in [5, 5.41) is 13.6. The first kappa shape index (κ1) is 19.3. The number of nitrogens with two attached hydrogens (primary N) is 1. The fourth-order valence-corrected chi connectivity index (χ4v) is 4.93. The van der Waals surface area contributed by atoms with Gasteiger partial charge in [0.25, 0.3) is 0 Å². The summed E-state index contributed by atoms with van der Waals surface area (Å²) >= 11 is 1.45. The van der Waals surface area contributed by atoms with Crippen LogP contribution in [-0.4, -0.2) is 5.78 Å². The van der Waals surface area contributed by atoms with E-state index in [0.29, 0.717) is 24.1 Å². The van der Waals surface area contributed by atoms with E-state index in [1.54, 1.807) is 0 Å². The van der Waals surface area contributed by atoms with Gasteiger partial charge in [-0.25, -0.2) is 8.78 Å². The number of ketones is 1. The number of anilines is 1. The summed E-state index contributed by atoms with van der Waals surface area (Å²) in [6, 6.07) is 7.48. The summed E-state index contributed by atoms with van der Waals surface area (Å²) < 4.78 is 29.4. The Hall–Kier alpha value is -2.98. The first-order valence-electron chi connectivity index (χ1n) is 9.17. The number of Topliss-reactive ketones (excluding diaryl/α,β-unsaturated/α-hetero) is 1. The van der Waals surface area contributed by atoms with E-state index in [9.17, 15) is 18.8 Å². The van der Waals surface area contributed by atoms with Crippen molar-refractivity contribution < 1.29 is 13.6 Å². The van der Waals surface area contributed by atoms with Crippen molar-refractivity contribution in [2.24, 2.45) is 11.1 Å². The van der Waals surface area contributed by atoms with Crippen molar-refractivity contribution in [3.63, 3.8) is 0 Å². The second kappa shape index (κ2) is 6.82. The van der Waals surface area contributed by atoms with E-state index in [0.717, 1.165) is 17.7 Å². The van der Waals surface area contributed by atoms with Crippen molar-refractivity contribution in [1.82, 2.24) is 0 Å². The number of nitriles is 1. The lowest BCUT2D eigenvalue weighted by atomic mass is 9.69. The highest BCUT2D eigenvalue weighted by Crippen LogP contribution is 2.50. The summed E-state index contributed by atoms with van der Waals surface area (Å²) in [6.45, 7) is 3.87. The fraction of sp³-hybridized carbons (Fsp3) is 0.273. The molecule has 0 radical (unpaired) electrons. The normalized spacial score (nSPS) is 21.3. The highest BCUT2D eigenvalue weighted by Gasteiger charge is 2.45. The maximum atomic E-state index is 14.7. The Kier molecular flexibility index (Phi) is 4.55. The molecule has 2 N–H and O–H groups in total. The van der Waals surface area contributed by atoms with E-state index in [-0.39, 0.29) is 22.9 Å². The first-order chi connectivity index (χ1) is 13.7. The van der Waals surface area contributed by atoms with Gasteiger partial charge < -0.3 is 5.73 Å². The quantitative estimate of drug-likeness (QED) is 0.758. The molecular formula is C22H19F2N3OS. The molecule has 0 fully saturated rings. The van der Waals surface area contributed by atoms with Gasteiger partial charge in [-0.1, -0.05) is 19.9 Å². The number of hydrogen-bond acceptors (Lipinski definition) is 5. The molecule has 2 aromatic rings. The lowest BCUT2D eigenvalue weighted by molar-refractivity contribution is -0.118. The number of thiophene rings is 1. The molecule has 4 nitrogen and oxygen atoms in total. The van der Waals surface area contributed by atoms with E-state index in [1.807, 2.05) is 30.7 Å². The maximum Gasteiger partial charge on any atom is 0.162 e. The molecule has 1 aliphatic heterocycles. The zero-order valence-corrected chi connectivity index (χ0v) is 16.8. The zero-order valence-electron chi connectivity index (χ0n) is 16.0. The summed E-state index contributed by atoms with van der Waals surface area (Å²) in [5.74, 6) is -2.41. The minimum atomic E-state index is -0.804. The number of carbonyl (C=O) groups is 1. The first-order valence-corrected chi connectivity index (χ1v) is 10.1. The van der Waals surface area contributed by atoms with E-state index in [1.165, 1.54) is 22.3 Å². The molecule has 0 saturated carbocycles. The molecule has 29 heavy (non-hydrogen) atoms. The molecule has 148 valence electrons. The van der Waals surface area contributed by atoms with Crippen LogP contribution in [0.2, 0.25) is 0 Å². The van der Waals surface area contributed by atoms with Gasteiger partial charge in [-0.15, -0.1) is 0 Å². The smallest absolute Gasteiger partial charge is 0.162 e. The van der Waals surface area contributed by atoms with Crippen LogP contribution in [0.15, 0.2) is 57.7 Å². The van der Waals surface area contributed by atoms with Gasteiger partial charge in [-0.2, -0.15) is 16.6 Å². The molecule has 7 heteroatoms. The lowest BCUT2D eigenvalue weighted by Gasteiger charge is -2.43. The van der Waals surface area contributed by atoms with E-state index in [2.05, 4.69) is 6.07 Å². The molecule has 0 amide bonds. The van der Waals surface area contributed by atoms with Gasteiger partial charge >= 0.3 is 0 Å². The zero-order chi connectivity index (χ0) is 20.9. The molecule has 4 rings (SSSR count). The van der Waals surface area contributed by atoms with Crippen LogP contribution in [0.25, 0.3) is 0 Å². The monoisotopic (exact) mass is 411 g/mol. The number of para-hydroxylation sites is 1. The van der Waals surface area contributed by atoms with Crippen molar-refractivity contribution >= 4 is 22.8 Å². The van der Waals surface area contributed by atoms with Crippen LogP contribution in [0.3, 0.4) is 0 Å². The van der Waals surface area contributed by atoms with Crippen LogP contribution >= 0.6 is 11.3 Å². The number of halogens is 2. The Morgan fingerprint density at radius 1 is 1.24 bits per heavy atom. The predicted octanol–water partition coefficient (Wildman–Crippen LogP) is 4.97. The van der Waals surface area contributed by atoms with Gasteiger partial charge in [0.2, 0.25) is 0 Å². The Morgan fingerprint density at radius 3 is 2.52 bits per heavy atom. The molecule has 1 aliphatic carbocycles. The van der Waals surface area contributed by atoms with Crippen molar-refractivity contribution in [1.29, 1.82) is 5.26 Å². The van der Waals surface area contributed by atoms with E-state index >= 15 is 0 Å². The van der Waals surface area contributed by atoms with Crippen LogP contribution in [0, 0.1) is 28.4 Å². The molecule has 2 heterocycles. The Labute approximate surface area is 171 Å². The highest BCUT2D eigenvalue weighted by atomic mass is 32.1. The Balaban J connectivity index is 2.05. The average Bonchev–Trinajstić information content (AvgIpc) is 3.16. The molecule has 1 unspecified atom stereocenters. The fourth-order valence-electron chi connectivity index (χ4n) is 4.24. The second-order valence-corrected chi connectivity index (χ2v) is 8.89.